The summed E-state index contributed by atoms with van der Waals surface area (Å²) in [4.78, 5) is 23.1. The standard InChI is InChI=1S/C14H16ClNO3/c1-8-3-4-12(11(15)5-8)16-13(17)7-19-14(18)10-6-9(10)2/h3-5,9-10H,6-7H2,1-2H3,(H,16,17)/t9-,10-/m1/s1. The highest BCUT2D eigenvalue weighted by Gasteiger charge is 2.40. The van der Waals surface area contributed by atoms with Crippen LogP contribution in [0.4, 0.5) is 5.69 Å². The van der Waals surface area contributed by atoms with Crippen molar-refractivity contribution >= 4 is 29.2 Å². The molecule has 0 heterocycles. The fourth-order valence-electron chi connectivity index (χ4n) is 1.80. The number of ether oxygens (including phenoxy) is 1. The normalized spacial score (nSPS) is 20.8. The SMILES string of the molecule is Cc1ccc(NC(=O)COC(=O)[C@@H]2C[C@H]2C)c(Cl)c1. The van der Waals surface area contributed by atoms with E-state index in [9.17, 15) is 9.59 Å². The Kier molecular flexibility index (Phi) is 4.10. The molecular formula is C14H16ClNO3. The van der Waals surface area contributed by atoms with E-state index in [0.717, 1.165) is 12.0 Å². The number of hydrogen-bond acceptors (Lipinski definition) is 3. The summed E-state index contributed by atoms with van der Waals surface area (Å²) in [6.07, 6.45) is 0.851. The second-order valence-electron chi connectivity index (χ2n) is 4.96. The number of carbonyl (C=O) groups excluding carboxylic acids is 2. The molecule has 2 rings (SSSR count). The second-order valence-corrected chi connectivity index (χ2v) is 5.37. The van der Waals surface area contributed by atoms with Crippen LogP contribution in [0.3, 0.4) is 0 Å². The van der Waals surface area contributed by atoms with E-state index >= 15 is 0 Å². The number of anilines is 1. The van der Waals surface area contributed by atoms with E-state index in [1.165, 1.54) is 0 Å². The lowest BCUT2D eigenvalue weighted by molar-refractivity contribution is -0.148. The van der Waals surface area contributed by atoms with E-state index < -0.39 is 0 Å². The molecule has 0 unspecified atom stereocenters. The zero-order valence-corrected chi connectivity index (χ0v) is 11.7. The molecule has 102 valence electrons. The summed E-state index contributed by atoms with van der Waals surface area (Å²) in [6.45, 7) is 3.63. The maximum absolute atomic E-state index is 11.6. The molecule has 1 amide bonds. The van der Waals surface area contributed by atoms with Crippen molar-refractivity contribution in [2.75, 3.05) is 11.9 Å². The van der Waals surface area contributed by atoms with Crippen molar-refractivity contribution in [2.24, 2.45) is 11.8 Å². The van der Waals surface area contributed by atoms with Crippen LogP contribution in [0.15, 0.2) is 18.2 Å². The van der Waals surface area contributed by atoms with Gasteiger partial charge in [0.2, 0.25) is 0 Å². The zero-order valence-electron chi connectivity index (χ0n) is 10.9. The van der Waals surface area contributed by atoms with E-state index in [4.69, 9.17) is 16.3 Å². The Morgan fingerprint density at radius 2 is 2.16 bits per heavy atom. The molecule has 0 saturated heterocycles. The maximum atomic E-state index is 11.6. The Morgan fingerprint density at radius 3 is 2.74 bits per heavy atom. The number of hydrogen-bond donors (Lipinski definition) is 1. The van der Waals surface area contributed by atoms with Gasteiger partial charge in [-0.05, 0) is 37.0 Å². The van der Waals surface area contributed by atoms with Gasteiger partial charge in [0.15, 0.2) is 6.61 Å². The third kappa shape index (κ3) is 3.70. The summed E-state index contributed by atoms with van der Waals surface area (Å²) < 4.78 is 4.94. The first-order chi connectivity index (χ1) is 8.97. The Balaban J connectivity index is 1.82. The molecule has 1 N–H and O–H groups in total. The number of esters is 1. The quantitative estimate of drug-likeness (QED) is 0.864. The van der Waals surface area contributed by atoms with Gasteiger partial charge < -0.3 is 10.1 Å². The van der Waals surface area contributed by atoms with Gasteiger partial charge in [0.25, 0.3) is 5.91 Å². The van der Waals surface area contributed by atoms with E-state index in [1.54, 1.807) is 12.1 Å². The van der Waals surface area contributed by atoms with Crippen molar-refractivity contribution in [3.8, 4) is 0 Å². The van der Waals surface area contributed by atoms with Crippen LogP contribution in [-0.2, 0) is 14.3 Å². The number of rotatable bonds is 4. The highest BCUT2D eigenvalue weighted by atomic mass is 35.5. The minimum Gasteiger partial charge on any atom is -0.455 e. The molecule has 0 spiro atoms. The average Bonchev–Trinajstić information content (AvgIpc) is 3.07. The predicted molar refractivity (Wildman–Crippen MR) is 73.0 cm³/mol. The number of amides is 1. The minimum absolute atomic E-state index is 0.0317. The third-order valence-electron chi connectivity index (χ3n) is 3.16. The molecule has 1 fully saturated rings. The molecule has 1 aliphatic carbocycles. The lowest BCUT2D eigenvalue weighted by Gasteiger charge is -2.08. The van der Waals surface area contributed by atoms with Gasteiger partial charge in [-0.3, -0.25) is 9.59 Å². The van der Waals surface area contributed by atoms with E-state index in [2.05, 4.69) is 5.32 Å². The first-order valence-electron chi connectivity index (χ1n) is 6.20. The van der Waals surface area contributed by atoms with Crippen LogP contribution in [0.25, 0.3) is 0 Å². The molecule has 1 aromatic carbocycles. The first kappa shape index (κ1) is 13.9. The lowest BCUT2D eigenvalue weighted by Crippen LogP contribution is -2.21. The van der Waals surface area contributed by atoms with Crippen LogP contribution < -0.4 is 5.32 Å². The largest absolute Gasteiger partial charge is 0.455 e. The average molecular weight is 282 g/mol. The van der Waals surface area contributed by atoms with Gasteiger partial charge in [-0.25, -0.2) is 0 Å². The zero-order chi connectivity index (χ0) is 14.0. The Labute approximate surface area is 117 Å². The fraction of sp³-hybridized carbons (Fsp3) is 0.429. The molecule has 1 aliphatic rings. The molecule has 0 aliphatic heterocycles. The van der Waals surface area contributed by atoms with Gasteiger partial charge in [-0.15, -0.1) is 0 Å². The molecule has 0 radical (unpaired) electrons. The van der Waals surface area contributed by atoms with E-state index in [-0.39, 0.29) is 24.4 Å². The summed E-state index contributed by atoms with van der Waals surface area (Å²) in [5.74, 6) is -0.331. The molecule has 4 nitrogen and oxygen atoms in total. The molecule has 5 heteroatoms. The number of aryl methyl sites for hydroxylation is 1. The van der Waals surface area contributed by atoms with Crippen LogP contribution in [0.2, 0.25) is 5.02 Å². The van der Waals surface area contributed by atoms with Crippen molar-refractivity contribution in [2.45, 2.75) is 20.3 Å². The molecule has 2 atom stereocenters. The number of halogens is 1. The number of benzene rings is 1. The molecule has 1 saturated carbocycles. The second kappa shape index (κ2) is 5.61. The number of carbonyl (C=O) groups is 2. The molecule has 1 aromatic rings. The van der Waals surface area contributed by atoms with Crippen LogP contribution in [0.1, 0.15) is 18.9 Å². The van der Waals surface area contributed by atoms with Crippen molar-refractivity contribution in [1.82, 2.24) is 0 Å². The Morgan fingerprint density at radius 1 is 1.47 bits per heavy atom. The highest BCUT2D eigenvalue weighted by molar-refractivity contribution is 6.33. The van der Waals surface area contributed by atoms with E-state index in [0.29, 0.717) is 16.6 Å². The predicted octanol–water partition coefficient (Wildman–Crippen LogP) is 2.79. The monoisotopic (exact) mass is 281 g/mol. The Hall–Kier alpha value is -1.55. The van der Waals surface area contributed by atoms with Gasteiger partial charge in [-0.2, -0.15) is 0 Å². The van der Waals surface area contributed by atoms with Crippen LogP contribution in [0, 0.1) is 18.8 Å². The maximum Gasteiger partial charge on any atom is 0.309 e. The van der Waals surface area contributed by atoms with Crippen molar-refractivity contribution in [1.29, 1.82) is 0 Å². The summed E-state index contributed by atoms with van der Waals surface area (Å²) in [5.41, 5.74) is 1.53. The molecular weight excluding hydrogens is 266 g/mol. The highest BCUT2D eigenvalue weighted by Crippen LogP contribution is 2.38. The molecule has 0 aromatic heterocycles. The van der Waals surface area contributed by atoms with Crippen molar-refractivity contribution in [3.05, 3.63) is 28.8 Å². The lowest BCUT2D eigenvalue weighted by atomic mass is 10.2. The summed E-state index contributed by atoms with van der Waals surface area (Å²) in [5, 5.41) is 3.08. The van der Waals surface area contributed by atoms with Gasteiger partial charge in [0, 0.05) is 0 Å². The summed E-state index contributed by atoms with van der Waals surface area (Å²) in [7, 11) is 0. The Bertz CT molecular complexity index is 515. The van der Waals surface area contributed by atoms with Crippen molar-refractivity contribution in [3.63, 3.8) is 0 Å². The molecule has 19 heavy (non-hydrogen) atoms. The van der Waals surface area contributed by atoms with Gasteiger partial charge in [-0.1, -0.05) is 24.6 Å². The van der Waals surface area contributed by atoms with Gasteiger partial charge in [0.1, 0.15) is 0 Å². The van der Waals surface area contributed by atoms with E-state index in [1.807, 2.05) is 19.9 Å². The third-order valence-corrected chi connectivity index (χ3v) is 3.47. The minimum atomic E-state index is -0.382. The topological polar surface area (TPSA) is 55.4 Å². The summed E-state index contributed by atoms with van der Waals surface area (Å²) in [6, 6.07) is 5.33. The van der Waals surface area contributed by atoms with Gasteiger partial charge >= 0.3 is 5.97 Å². The van der Waals surface area contributed by atoms with Crippen molar-refractivity contribution < 1.29 is 14.3 Å². The smallest absolute Gasteiger partial charge is 0.309 e. The first-order valence-corrected chi connectivity index (χ1v) is 6.58. The molecule has 0 bridgehead atoms. The summed E-state index contributed by atoms with van der Waals surface area (Å²) >= 11 is 5.99. The number of nitrogens with one attached hydrogen (secondary N) is 1. The van der Waals surface area contributed by atoms with Crippen LogP contribution >= 0.6 is 11.6 Å². The fourth-order valence-corrected chi connectivity index (χ4v) is 2.08. The van der Waals surface area contributed by atoms with Gasteiger partial charge in [0.05, 0.1) is 16.6 Å². The van der Waals surface area contributed by atoms with Crippen LogP contribution in [0.5, 0.6) is 0 Å². The van der Waals surface area contributed by atoms with Crippen LogP contribution in [-0.4, -0.2) is 18.5 Å².